The van der Waals surface area contributed by atoms with Crippen molar-refractivity contribution in [1.82, 2.24) is 10.2 Å². The van der Waals surface area contributed by atoms with Gasteiger partial charge < -0.3 is 9.73 Å². The highest BCUT2D eigenvalue weighted by Gasteiger charge is 2.16. The molecule has 1 saturated heterocycles. The van der Waals surface area contributed by atoms with Gasteiger partial charge in [-0.05, 0) is 57.8 Å². The standard InChI is InChI=1S/C16H28N2O/c1-4-17-11-16-10-15(14(3)19-16)12-18-8-5-6-13(2)7-9-18/h10,13,17H,4-9,11-12H2,1-3H3. The van der Waals surface area contributed by atoms with Crippen LogP contribution in [0.2, 0.25) is 0 Å². The van der Waals surface area contributed by atoms with E-state index in [4.69, 9.17) is 4.42 Å². The summed E-state index contributed by atoms with van der Waals surface area (Å²) < 4.78 is 5.82. The van der Waals surface area contributed by atoms with E-state index < -0.39 is 0 Å². The van der Waals surface area contributed by atoms with Gasteiger partial charge in [-0.2, -0.15) is 0 Å². The third-order valence-electron chi connectivity index (χ3n) is 4.12. The van der Waals surface area contributed by atoms with E-state index in [0.717, 1.165) is 37.1 Å². The highest BCUT2D eigenvalue weighted by atomic mass is 16.3. The molecule has 2 heterocycles. The van der Waals surface area contributed by atoms with Gasteiger partial charge in [0.05, 0.1) is 6.54 Å². The van der Waals surface area contributed by atoms with Gasteiger partial charge >= 0.3 is 0 Å². The van der Waals surface area contributed by atoms with Crippen molar-refractivity contribution in [3.63, 3.8) is 0 Å². The number of hydrogen-bond donors (Lipinski definition) is 1. The molecule has 2 rings (SSSR count). The summed E-state index contributed by atoms with van der Waals surface area (Å²) in [6.07, 6.45) is 4.05. The van der Waals surface area contributed by atoms with Crippen LogP contribution < -0.4 is 5.32 Å². The number of rotatable bonds is 5. The molecule has 108 valence electrons. The monoisotopic (exact) mass is 264 g/mol. The summed E-state index contributed by atoms with van der Waals surface area (Å²) in [5.41, 5.74) is 1.36. The fourth-order valence-electron chi connectivity index (χ4n) is 2.80. The first-order chi connectivity index (χ1) is 9.19. The second-order valence-electron chi connectivity index (χ2n) is 5.89. The number of furan rings is 1. The maximum atomic E-state index is 5.82. The maximum absolute atomic E-state index is 5.82. The summed E-state index contributed by atoms with van der Waals surface area (Å²) in [6, 6.07) is 2.23. The van der Waals surface area contributed by atoms with E-state index in [1.54, 1.807) is 0 Å². The van der Waals surface area contributed by atoms with Crippen molar-refractivity contribution in [2.45, 2.75) is 53.1 Å². The van der Waals surface area contributed by atoms with E-state index in [0.29, 0.717) is 0 Å². The topological polar surface area (TPSA) is 28.4 Å². The lowest BCUT2D eigenvalue weighted by molar-refractivity contribution is 0.272. The molecule has 3 nitrogen and oxygen atoms in total. The Bertz CT molecular complexity index is 386. The predicted molar refractivity (Wildman–Crippen MR) is 79.1 cm³/mol. The highest BCUT2D eigenvalue weighted by molar-refractivity contribution is 5.20. The highest BCUT2D eigenvalue weighted by Crippen LogP contribution is 2.21. The molecule has 1 atom stereocenters. The predicted octanol–water partition coefficient (Wildman–Crippen LogP) is 3.32. The lowest BCUT2D eigenvalue weighted by Gasteiger charge is -2.19. The minimum atomic E-state index is 0.842. The Kier molecular flexibility index (Phi) is 5.46. The number of hydrogen-bond acceptors (Lipinski definition) is 3. The molecule has 19 heavy (non-hydrogen) atoms. The first-order valence-electron chi connectivity index (χ1n) is 7.70. The van der Waals surface area contributed by atoms with E-state index in [2.05, 4.69) is 37.1 Å². The molecular weight excluding hydrogens is 236 g/mol. The number of nitrogens with zero attached hydrogens (tertiary/aromatic N) is 1. The van der Waals surface area contributed by atoms with Gasteiger partial charge in [-0.15, -0.1) is 0 Å². The van der Waals surface area contributed by atoms with Crippen molar-refractivity contribution in [2.24, 2.45) is 5.92 Å². The zero-order chi connectivity index (χ0) is 13.7. The van der Waals surface area contributed by atoms with Crippen molar-refractivity contribution in [3.05, 3.63) is 23.2 Å². The van der Waals surface area contributed by atoms with Gasteiger partial charge in [0.2, 0.25) is 0 Å². The molecule has 0 amide bonds. The van der Waals surface area contributed by atoms with Crippen molar-refractivity contribution in [2.75, 3.05) is 19.6 Å². The summed E-state index contributed by atoms with van der Waals surface area (Å²) in [5.74, 6) is 3.04. The van der Waals surface area contributed by atoms with Crippen LogP contribution in [0.4, 0.5) is 0 Å². The third kappa shape index (κ3) is 4.36. The molecule has 0 spiro atoms. The van der Waals surface area contributed by atoms with Crippen LogP contribution in [0.15, 0.2) is 10.5 Å². The summed E-state index contributed by atoms with van der Waals surface area (Å²) in [5, 5.41) is 3.32. The molecule has 0 radical (unpaired) electrons. The molecular formula is C16H28N2O. The van der Waals surface area contributed by atoms with E-state index >= 15 is 0 Å². The van der Waals surface area contributed by atoms with Gasteiger partial charge in [-0.3, -0.25) is 4.90 Å². The van der Waals surface area contributed by atoms with Gasteiger partial charge in [0.1, 0.15) is 11.5 Å². The van der Waals surface area contributed by atoms with Gasteiger partial charge in [0.15, 0.2) is 0 Å². The second kappa shape index (κ2) is 7.11. The van der Waals surface area contributed by atoms with Crippen LogP contribution in [-0.4, -0.2) is 24.5 Å². The van der Waals surface area contributed by atoms with Crippen LogP contribution in [0.25, 0.3) is 0 Å². The Hall–Kier alpha value is -0.800. The third-order valence-corrected chi connectivity index (χ3v) is 4.12. The van der Waals surface area contributed by atoms with Crippen LogP contribution in [0.1, 0.15) is 50.2 Å². The SMILES string of the molecule is CCNCc1cc(CN2CCCC(C)CC2)c(C)o1. The normalized spacial score (nSPS) is 21.5. The first kappa shape index (κ1) is 14.6. The lowest BCUT2D eigenvalue weighted by atomic mass is 10.0. The average Bonchev–Trinajstić information content (AvgIpc) is 2.59. The van der Waals surface area contributed by atoms with Crippen molar-refractivity contribution < 1.29 is 4.42 Å². The van der Waals surface area contributed by atoms with E-state index in [1.165, 1.54) is 37.9 Å². The van der Waals surface area contributed by atoms with Crippen LogP contribution in [0, 0.1) is 12.8 Å². The molecule has 3 heteroatoms. The van der Waals surface area contributed by atoms with Crippen LogP contribution >= 0.6 is 0 Å². The van der Waals surface area contributed by atoms with Crippen molar-refractivity contribution in [1.29, 1.82) is 0 Å². The maximum Gasteiger partial charge on any atom is 0.118 e. The van der Waals surface area contributed by atoms with Crippen LogP contribution in [-0.2, 0) is 13.1 Å². The largest absolute Gasteiger partial charge is 0.465 e. The summed E-state index contributed by atoms with van der Waals surface area (Å²) in [6.45, 7) is 11.9. The molecule has 1 fully saturated rings. The Morgan fingerprint density at radius 3 is 3.00 bits per heavy atom. The molecule has 1 aromatic heterocycles. The Balaban J connectivity index is 1.92. The van der Waals surface area contributed by atoms with Crippen molar-refractivity contribution >= 4 is 0 Å². The lowest BCUT2D eigenvalue weighted by Crippen LogP contribution is -2.24. The molecule has 1 N–H and O–H groups in total. The Labute approximate surface area is 117 Å². The minimum absolute atomic E-state index is 0.842. The smallest absolute Gasteiger partial charge is 0.118 e. The number of aryl methyl sites for hydroxylation is 1. The zero-order valence-electron chi connectivity index (χ0n) is 12.7. The van der Waals surface area contributed by atoms with Crippen LogP contribution in [0.5, 0.6) is 0 Å². The summed E-state index contributed by atoms with van der Waals surface area (Å²) in [7, 11) is 0. The molecule has 0 aliphatic carbocycles. The first-order valence-corrected chi connectivity index (χ1v) is 7.70. The molecule has 0 saturated carbocycles. The summed E-state index contributed by atoms with van der Waals surface area (Å²) >= 11 is 0. The van der Waals surface area contributed by atoms with Gasteiger partial charge in [0, 0.05) is 12.1 Å². The van der Waals surface area contributed by atoms with Gasteiger partial charge in [-0.1, -0.05) is 13.8 Å². The average molecular weight is 264 g/mol. The minimum Gasteiger partial charge on any atom is -0.465 e. The fraction of sp³-hybridized carbons (Fsp3) is 0.750. The van der Waals surface area contributed by atoms with Gasteiger partial charge in [-0.25, -0.2) is 0 Å². The van der Waals surface area contributed by atoms with Crippen LogP contribution in [0.3, 0.4) is 0 Å². The van der Waals surface area contributed by atoms with E-state index in [9.17, 15) is 0 Å². The van der Waals surface area contributed by atoms with E-state index in [1.807, 2.05) is 0 Å². The van der Waals surface area contributed by atoms with Gasteiger partial charge in [0.25, 0.3) is 0 Å². The molecule has 1 aromatic rings. The molecule has 0 aromatic carbocycles. The quantitative estimate of drug-likeness (QED) is 0.884. The molecule has 1 aliphatic rings. The fourth-order valence-corrected chi connectivity index (χ4v) is 2.80. The Morgan fingerprint density at radius 1 is 1.37 bits per heavy atom. The molecule has 1 unspecified atom stereocenters. The number of likely N-dealkylation sites (tertiary alicyclic amines) is 1. The molecule has 0 bridgehead atoms. The Morgan fingerprint density at radius 2 is 2.21 bits per heavy atom. The molecule has 1 aliphatic heterocycles. The number of nitrogens with one attached hydrogen (secondary N) is 1. The zero-order valence-corrected chi connectivity index (χ0v) is 12.7. The summed E-state index contributed by atoms with van der Waals surface area (Å²) in [4.78, 5) is 2.58. The van der Waals surface area contributed by atoms with Crippen molar-refractivity contribution in [3.8, 4) is 0 Å². The van der Waals surface area contributed by atoms with E-state index in [-0.39, 0.29) is 0 Å². The second-order valence-corrected chi connectivity index (χ2v) is 5.89.